The van der Waals surface area contributed by atoms with Crippen LogP contribution in [-0.2, 0) is 4.74 Å². The highest BCUT2D eigenvalue weighted by molar-refractivity contribution is 9.10. The van der Waals surface area contributed by atoms with Gasteiger partial charge in [-0.1, -0.05) is 15.9 Å². The predicted octanol–water partition coefficient (Wildman–Crippen LogP) is 3.01. The molecule has 1 fully saturated rings. The van der Waals surface area contributed by atoms with Crippen LogP contribution in [0.2, 0.25) is 0 Å². The summed E-state index contributed by atoms with van der Waals surface area (Å²) in [4.78, 5) is 0. The maximum atomic E-state index is 9.53. The quantitative estimate of drug-likeness (QED) is 0.908. The summed E-state index contributed by atoms with van der Waals surface area (Å²) in [6, 6.07) is 7.79. The number of aliphatic hydroxyl groups excluding tert-OH is 1. The third-order valence-electron chi connectivity index (χ3n) is 3.45. The Bertz CT molecular complexity index is 358. The van der Waals surface area contributed by atoms with Crippen molar-refractivity contribution in [3.63, 3.8) is 0 Å². The van der Waals surface area contributed by atoms with Crippen LogP contribution in [0, 0.1) is 5.41 Å². The van der Waals surface area contributed by atoms with Gasteiger partial charge in [-0.05, 0) is 43.5 Å². The third-order valence-corrected chi connectivity index (χ3v) is 3.98. The average Bonchev–Trinajstić information content (AvgIpc) is 2.42. The molecule has 1 N–H and O–H groups in total. The Morgan fingerprint density at radius 2 is 2.11 bits per heavy atom. The Morgan fingerprint density at radius 1 is 1.33 bits per heavy atom. The van der Waals surface area contributed by atoms with Crippen molar-refractivity contribution >= 4 is 15.9 Å². The van der Waals surface area contributed by atoms with E-state index in [1.165, 1.54) is 0 Å². The van der Waals surface area contributed by atoms with Gasteiger partial charge in [0.1, 0.15) is 5.75 Å². The van der Waals surface area contributed by atoms with Crippen molar-refractivity contribution in [2.75, 3.05) is 26.4 Å². The van der Waals surface area contributed by atoms with E-state index >= 15 is 0 Å². The van der Waals surface area contributed by atoms with Crippen LogP contribution in [0.4, 0.5) is 0 Å². The second-order valence-electron chi connectivity index (χ2n) is 4.87. The summed E-state index contributed by atoms with van der Waals surface area (Å²) < 4.78 is 12.2. The predicted molar refractivity (Wildman–Crippen MR) is 73.8 cm³/mol. The summed E-state index contributed by atoms with van der Waals surface area (Å²) in [5.74, 6) is 0.864. The molecule has 1 atom stereocenters. The minimum Gasteiger partial charge on any atom is -0.494 e. The highest BCUT2D eigenvalue weighted by atomic mass is 79.9. The van der Waals surface area contributed by atoms with E-state index in [1.807, 2.05) is 24.3 Å². The van der Waals surface area contributed by atoms with E-state index in [4.69, 9.17) is 9.47 Å². The van der Waals surface area contributed by atoms with Gasteiger partial charge in [0.05, 0.1) is 19.8 Å². The molecule has 0 spiro atoms. The van der Waals surface area contributed by atoms with Gasteiger partial charge < -0.3 is 14.6 Å². The highest BCUT2D eigenvalue weighted by Crippen LogP contribution is 2.31. The molecule has 0 radical (unpaired) electrons. The van der Waals surface area contributed by atoms with Gasteiger partial charge in [-0.15, -0.1) is 0 Å². The molecule has 0 bridgehead atoms. The summed E-state index contributed by atoms with van der Waals surface area (Å²) in [5.41, 5.74) is -0.104. The standard InChI is InChI=1S/C14H19BrO3/c15-12-2-4-13(5-3-12)18-9-7-14(10-16)6-1-8-17-11-14/h2-5,16H,1,6-11H2. The molecule has 18 heavy (non-hydrogen) atoms. The molecule has 1 aliphatic rings. The first-order chi connectivity index (χ1) is 8.74. The van der Waals surface area contributed by atoms with E-state index < -0.39 is 0 Å². The largest absolute Gasteiger partial charge is 0.494 e. The van der Waals surface area contributed by atoms with Crippen LogP contribution in [0.1, 0.15) is 19.3 Å². The fourth-order valence-corrected chi connectivity index (χ4v) is 2.49. The molecule has 1 saturated heterocycles. The minimum atomic E-state index is -0.104. The Morgan fingerprint density at radius 3 is 2.72 bits per heavy atom. The fourth-order valence-electron chi connectivity index (χ4n) is 2.23. The minimum absolute atomic E-state index is 0.104. The zero-order chi connectivity index (χ0) is 12.8. The fraction of sp³-hybridized carbons (Fsp3) is 0.571. The number of ether oxygens (including phenoxy) is 2. The topological polar surface area (TPSA) is 38.7 Å². The second kappa shape index (κ2) is 6.55. The summed E-state index contributed by atoms with van der Waals surface area (Å²) in [5, 5.41) is 9.53. The van der Waals surface area contributed by atoms with Crippen molar-refractivity contribution in [2.45, 2.75) is 19.3 Å². The Kier molecular flexibility index (Phi) is 5.03. The van der Waals surface area contributed by atoms with Crippen LogP contribution >= 0.6 is 15.9 Å². The van der Waals surface area contributed by atoms with Gasteiger partial charge in [0.25, 0.3) is 0 Å². The van der Waals surface area contributed by atoms with Crippen molar-refractivity contribution in [3.05, 3.63) is 28.7 Å². The van der Waals surface area contributed by atoms with Gasteiger partial charge >= 0.3 is 0 Å². The molecule has 0 aliphatic carbocycles. The van der Waals surface area contributed by atoms with E-state index in [2.05, 4.69) is 15.9 Å². The number of aliphatic hydroxyl groups is 1. The maximum Gasteiger partial charge on any atom is 0.119 e. The third kappa shape index (κ3) is 3.70. The first kappa shape index (κ1) is 13.8. The molecule has 1 aromatic rings. The van der Waals surface area contributed by atoms with Crippen LogP contribution in [0.15, 0.2) is 28.7 Å². The monoisotopic (exact) mass is 314 g/mol. The SMILES string of the molecule is OCC1(CCOc2ccc(Br)cc2)CCCOC1. The molecular weight excluding hydrogens is 296 g/mol. The second-order valence-corrected chi connectivity index (χ2v) is 5.78. The smallest absolute Gasteiger partial charge is 0.119 e. The van der Waals surface area contributed by atoms with Gasteiger partial charge in [-0.25, -0.2) is 0 Å². The van der Waals surface area contributed by atoms with Gasteiger partial charge in [0, 0.05) is 16.5 Å². The van der Waals surface area contributed by atoms with Crippen molar-refractivity contribution in [1.82, 2.24) is 0 Å². The van der Waals surface area contributed by atoms with E-state index in [1.54, 1.807) is 0 Å². The molecule has 2 rings (SSSR count). The first-order valence-electron chi connectivity index (χ1n) is 6.31. The molecule has 1 aliphatic heterocycles. The molecule has 4 heteroatoms. The first-order valence-corrected chi connectivity index (χ1v) is 7.10. The zero-order valence-corrected chi connectivity index (χ0v) is 12.0. The van der Waals surface area contributed by atoms with E-state index in [9.17, 15) is 5.11 Å². The number of rotatable bonds is 5. The molecule has 1 aromatic carbocycles. The molecule has 3 nitrogen and oxygen atoms in total. The van der Waals surface area contributed by atoms with Crippen LogP contribution in [0.3, 0.4) is 0 Å². The van der Waals surface area contributed by atoms with E-state index in [0.717, 1.165) is 36.1 Å². The van der Waals surface area contributed by atoms with Gasteiger partial charge in [0.15, 0.2) is 0 Å². The van der Waals surface area contributed by atoms with Crippen molar-refractivity contribution in [1.29, 1.82) is 0 Å². The van der Waals surface area contributed by atoms with Crippen LogP contribution in [0.5, 0.6) is 5.75 Å². The average molecular weight is 315 g/mol. The lowest BCUT2D eigenvalue weighted by atomic mass is 9.80. The van der Waals surface area contributed by atoms with Crippen LogP contribution in [-0.4, -0.2) is 31.5 Å². The Balaban J connectivity index is 1.81. The molecule has 0 amide bonds. The maximum absolute atomic E-state index is 9.53. The van der Waals surface area contributed by atoms with Gasteiger partial charge in [0.2, 0.25) is 0 Å². The lowest BCUT2D eigenvalue weighted by molar-refractivity contribution is -0.0481. The van der Waals surface area contributed by atoms with E-state index in [-0.39, 0.29) is 12.0 Å². The van der Waals surface area contributed by atoms with Gasteiger partial charge in [-0.3, -0.25) is 0 Å². The molecule has 1 heterocycles. The van der Waals surface area contributed by atoms with Crippen molar-refractivity contribution in [3.8, 4) is 5.75 Å². The number of halogens is 1. The number of benzene rings is 1. The van der Waals surface area contributed by atoms with Crippen molar-refractivity contribution in [2.24, 2.45) is 5.41 Å². The van der Waals surface area contributed by atoms with E-state index in [0.29, 0.717) is 13.2 Å². The Hall–Kier alpha value is -0.580. The summed E-state index contributed by atoms with van der Waals surface area (Å²) >= 11 is 3.39. The van der Waals surface area contributed by atoms with Gasteiger partial charge in [-0.2, -0.15) is 0 Å². The summed E-state index contributed by atoms with van der Waals surface area (Å²) in [7, 11) is 0. The van der Waals surface area contributed by atoms with Crippen LogP contribution < -0.4 is 4.74 Å². The lowest BCUT2D eigenvalue weighted by Crippen LogP contribution is -2.36. The van der Waals surface area contributed by atoms with Crippen LogP contribution in [0.25, 0.3) is 0 Å². The van der Waals surface area contributed by atoms with Crippen molar-refractivity contribution < 1.29 is 14.6 Å². The Labute approximate surface area is 116 Å². The highest BCUT2D eigenvalue weighted by Gasteiger charge is 2.32. The molecular formula is C14H19BrO3. The lowest BCUT2D eigenvalue weighted by Gasteiger charge is -2.35. The molecule has 1 unspecified atom stereocenters. The molecule has 100 valence electrons. The molecule has 0 aromatic heterocycles. The summed E-state index contributed by atoms with van der Waals surface area (Å²) in [6.45, 7) is 2.25. The zero-order valence-electron chi connectivity index (χ0n) is 10.4. The number of hydrogen-bond acceptors (Lipinski definition) is 3. The molecule has 0 saturated carbocycles. The normalized spacial score (nSPS) is 23.9. The summed E-state index contributed by atoms with van der Waals surface area (Å²) in [6.07, 6.45) is 2.88. The number of hydrogen-bond donors (Lipinski definition) is 1.